The molecule has 0 radical (unpaired) electrons. The van der Waals surface area contributed by atoms with E-state index in [0.717, 1.165) is 38.6 Å². The molecule has 1 atom stereocenters. The first-order chi connectivity index (χ1) is 10.7. The molecule has 2 saturated heterocycles. The van der Waals surface area contributed by atoms with E-state index in [1.807, 2.05) is 11.2 Å². The van der Waals surface area contributed by atoms with Crippen LogP contribution in [0.2, 0.25) is 0 Å². The van der Waals surface area contributed by atoms with Crippen LogP contribution in [0.5, 0.6) is 0 Å². The molecule has 0 bridgehead atoms. The number of carbonyl (C=O) groups excluding carboxylic acids is 2. The summed E-state index contributed by atoms with van der Waals surface area (Å²) in [5.74, 6) is 1.15. The smallest absolute Gasteiger partial charge is 0.224 e. The molecule has 126 valence electrons. The van der Waals surface area contributed by atoms with Crippen LogP contribution in [-0.2, 0) is 14.3 Å². The van der Waals surface area contributed by atoms with Crippen molar-refractivity contribution in [3.63, 3.8) is 0 Å². The Balaban J connectivity index is 1.74. The third-order valence-electron chi connectivity index (χ3n) is 4.27. The van der Waals surface area contributed by atoms with Gasteiger partial charge < -0.3 is 15.0 Å². The first-order valence-electron chi connectivity index (χ1n) is 8.05. The van der Waals surface area contributed by atoms with Gasteiger partial charge >= 0.3 is 0 Å². The standard InChI is InChI=1S/C15H27N3O3S/c1-22-11-4-16-15(20)13-2-3-14(19)18(12-13)6-5-17-7-9-21-10-8-17/h13H,2-12H2,1H3,(H,16,20)/t13-/m0/s1. The van der Waals surface area contributed by atoms with Gasteiger partial charge in [-0.05, 0) is 12.7 Å². The van der Waals surface area contributed by atoms with Gasteiger partial charge in [-0.3, -0.25) is 14.5 Å². The van der Waals surface area contributed by atoms with E-state index in [-0.39, 0.29) is 17.7 Å². The zero-order valence-electron chi connectivity index (χ0n) is 13.4. The van der Waals surface area contributed by atoms with Crippen molar-refractivity contribution in [3.8, 4) is 0 Å². The third-order valence-corrected chi connectivity index (χ3v) is 4.88. The molecule has 0 aromatic carbocycles. The van der Waals surface area contributed by atoms with Gasteiger partial charge in [-0.15, -0.1) is 0 Å². The molecule has 0 aromatic rings. The Hall–Kier alpha value is -0.790. The lowest BCUT2D eigenvalue weighted by Crippen LogP contribution is -2.49. The quantitative estimate of drug-likeness (QED) is 0.668. The lowest BCUT2D eigenvalue weighted by atomic mass is 9.96. The number of amides is 2. The summed E-state index contributed by atoms with van der Waals surface area (Å²) in [4.78, 5) is 28.4. The average Bonchev–Trinajstić information content (AvgIpc) is 2.55. The minimum atomic E-state index is -0.0516. The zero-order chi connectivity index (χ0) is 15.8. The van der Waals surface area contributed by atoms with Gasteiger partial charge in [0.05, 0.1) is 19.1 Å². The van der Waals surface area contributed by atoms with Gasteiger partial charge in [-0.2, -0.15) is 11.8 Å². The van der Waals surface area contributed by atoms with Crippen molar-refractivity contribution < 1.29 is 14.3 Å². The highest BCUT2D eigenvalue weighted by Gasteiger charge is 2.30. The Morgan fingerprint density at radius 1 is 1.36 bits per heavy atom. The van der Waals surface area contributed by atoms with Gasteiger partial charge in [0, 0.05) is 51.4 Å². The van der Waals surface area contributed by atoms with Crippen LogP contribution in [0.15, 0.2) is 0 Å². The molecule has 2 fully saturated rings. The van der Waals surface area contributed by atoms with Crippen molar-refractivity contribution in [1.82, 2.24) is 15.1 Å². The number of ether oxygens (including phenoxy) is 1. The summed E-state index contributed by atoms with van der Waals surface area (Å²) in [6, 6.07) is 0. The van der Waals surface area contributed by atoms with Crippen LogP contribution < -0.4 is 5.32 Å². The van der Waals surface area contributed by atoms with E-state index in [9.17, 15) is 9.59 Å². The Kier molecular flexibility index (Phi) is 7.48. The maximum Gasteiger partial charge on any atom is 0.224 e. The van der Waals surface area contributed by atoms with Gasteiger partial charge in [-0.25, -0.2) is 0 Å². The van der Waals surface area contributed by atoms with E-state index in [1.165, 1.54) is 0 Å². The highest BCUT2D eigenvalue weighted by atomic mass is 32.2. The van der Waals surface area contributed by atoms with Crippen molar-refractivity contribution in [2.75, 3.05) is 64.5 Å². The predicted octanol–water partition coefficient (Wildman–Crippen LogP) is 0.0364. The molecule has 2 aliphatic rings. The van der Waals surface area contributed by atoms with E-state index in [0.29, 0.717) is 32.5 Å². The molecule has 0 spiro atoms. The van der Waals surface area contributed by atoms with Crippen LogP contribution in [-0.4, -0.2) is 86.1 Å². The average molecular weight is 329 g/mol. The fraction of sp³-hybridized carbons (Fsp3) is 0.867. The van der Waals surface area contributed by atoms with Gasteiger partial charge in [0.1, 0.15) is 0 Å². The van der Waals surface area contributed by atoms with Crippen LogP contribution in [0.4, 0.5) is 0 Å². The van der Waals surface area contributed by atoms with E-state index in [4.69, 9.17) is 4.74 Å². The number of nitrogens with one attached hydrogen (secondary N) is 1. The zero-order valence-corrected chi connectivity index (χ0v) is 14.2. The molecule has 2 rings (SSSR count). The molecular formula is C15H27N3O3S. The van der Waals surface area contributed by atoms with E-state index in [2.05, 4.69) is 10.2 Å². The van der Waals surface area contributed by atoms with E-state index < -0.39 is 0 Å². The molecule has 6 nitrogen and oxygen atoms in total. The molecule has 2 amide bonds. The SMILES string of the molecule is CSCCNC(=O)[C@H]1CCC(=O)N(CCN2CCOCC2)C1. The van der Waals surface area contributed by atoms with Crippen LogP contribution in [0, 0.1) is 5.92 Å². The lowest BCUT2D eigenvalue weighted by molar-refractivity contribution is -0.138. The largest absolute Gasteiger partial charge is 0.379 e. The summed E-state index contributed by atoms with van der Waals surface area (Å²) in [5.41, 5.74) is 0. The molecule has 1 N–H and O–H groups in total. The minimum absolute atomic E-state index is 0.0516. The first-order valence-corrected chi connectivity index (χ1v) is 9.44. The second-order valence-electron chi connectivity index (χ2n) is 5.81. The lowest BCUT2D eigenvalue weighted by Gasteiger charge is -2.34. The van der Waals surface area contributed by atoms with Crippen molar-refractivity contribution in [3.05, 3.63) is 0 Å². The molecule has 0 aliphatic carbocycles. The summed E-state index contributed by atoms with van der Waals surface area (Å²) >= 11 is 1.72. The van der Waals surface area contributed by atoms with Crippen LogP contribution in [0.3, 0.4) is 0 Å². The minimum Gasteiger partial charge on any atom is -0.379 e. The van der Waals surface area contributed by atoms with E-state index in [1.54, 1.807) is 11.8 Å². The van der Waals surface area contributed by atoms with Gasteiger partial charge in [-0.1, -0.05) is 0 Å². The summed E-state index contributed by atoms with van der Waals surface area (Å²) in [6.45, 7) is 6.26. The van der Waals surface area contributed by atoms with Crippen molar-refractivity contribution >= 4 is 23.6 Å². The maximum absolute atomic E-state index is 12.1. The Morgan fingerprint density at radius 2 is 2.14 bits per heavy atom. The topological polar surface area (TPSA) is 61.9 Å². The maximum atomic E-state index is 12.1. The van der Waals surface area contributed by atoms with Crippen LogP contribution in [0.25, 0.3) is 0 Å². The summed E-state index contributed by atoms with van der Waals surface area (Å²) in [5, 5.41) is 2.97. The fourth-order valence-corrected chi connectivity index (χ4v) is 3.16. The molecule has 2 aliphatic heterocycles. The Morgan fingerprint density at radius 3 is 2.86 bits per heavy atom. The molecule has 7 heteroatoms. The van der Waals surface area contributed by atoms with Crippen LogP contribution >= 0.6 is 11.8 Å². The fourth-order valence-electron chi connectivity index (χ4n) is 2.85. The van der Waals surface area contributed by atoms with Crippen molar-refractivity contribution in [2.24, 2.45) is 5.92 Å². The summed E-state index contributed by atoms with van der Waals surface area (Å²) in [7, 11) is 0. The van der Waals surface area contributed by atoms with Gasteiger partial charge in [0.25, 0.3) is 0 Å². The van der Waals surface area contributed by atoms with Crippen molar-refractivity contribution in [1.29, 1.82) is 0 Å². The summed E-state index contributed by atoms with van der Waals surface area (Å²) < 4.78 is 5.33. The highest BCUT2D eigenvalue weighted by molar-refractivity contribution is 7.98. The second-order valence-corrected chi connectivity index (χ2v) is 6.80. The van der Waals surface area contributed by atoms with Crippen LogP contribution in [0.1, 0.15) is 12.8 Å². The normalized spacial score (nSPS) is 23.6. The van der Waals surface area contributed by atoms with Crippen molar-refractivity contribution in [2.45, 2.75) is 12.8 Å². The Bertz CT molecular complexity index is 375. The van der Waals surface area contributed by atoms with Gasteiger partial charge in [0.15, 0.2) is 0 Å². The number of hydrogen-bond acceptors (Lipinski definition) is 5. The number of morpholine rings is 1. The highest BCUT2D eigenvalue weighted by Crippen LogP contribution is 2.18. The molecule has 2 heterocycles. The molecule has 0 saturated carbocycles. The molecular weight excluding hydrogens is 302 g/mol. The number of likely N-dealkylation sites (tertiary alicyclic amines) is 1. The monoisotopic (exact) mass is 329 g/mol. The predicted molar refractivity (Wildman–Crippen MR) is 88.0 cm³/mol. The second kappa shape index (κ2) is 9.37. The number of carbonyl (C=O) groups is 2. The summed E-state index contributed by atoms with van der Waals surface area (Å²) in [6.07, 6.45) is 3.19. The third kappa shape index (κ3) is 5.44. The number of piperidine rings is 1. The van der Waals surface area contributed by atoms with E-state index >= 15 is 0 Å². The number of hydrogen-bond donors (Lipinski definition) is 1. The number of rotatable bonds is 7. The molecule has 0 aromatic heterocycles. The first kappa shape index (κ1) is 17.6. The number of nitrogens with zero attached hydrogens (tertiary/aromatic N) is 2. The number of thioether (sulfide) groups is 1. The molecule has 0 unspecified atom stereocenters. The van der Waals surface area contributed by atoms with Gasteiger partial charge in [0.2, 0.25) is 11.8 Å². The molecule has 22 heavy (non-hydrogen) atoms. The Labute approximate surface area is 136 Å².